The van der Waals surface area contributed by atoms with Gasteiger partial charge in [0.2, 0.25) is 0 Å². The minimum absolute atomic E-state index is 0.00602. The van der Waals surface area contributed by atoms with E-state index < -0.39 is 17.4 Å². The Kier molecular flexibility index (Phi) is 6.16. The van der Waals surface area contributed by atoms with E-state index in [2.05, 4.69) is 10.6 Å². The van der Waals surface area contributed by atoms with Crippen LogP contribution in [0.1, 0.15) is 51.0 Å². The quantitative estimate of drug-likeness (QED) is 0.585. The van der Waals surface area contributed by atoms with Crippen LogP contribution in [0.15, 0.2) is 30.3 Å². The Morgan fingerprint density at radius 2 is 1.70 bits per heavy atom. The number of carbonyl (C=O) groups excluding carboxylic acids is 2. The summed E-state index contributed by atoms with van der Waals surface area (Å²) in [6.45, 7) is 1.61. The maximum atomic E-state index is 12.0. The Morgan fingerprint density at radius 3 is 2.30 bits per heavy atom. The average Bonchev–Trinajstić information content (AvgIpc) is 2.82. The second-order valence-electron chi connectivity index (χ2n) is 6.48. The summed E-state index contributed by atoms with van der Waals surface area (Å²) in [5.74, 6) is -1.30. The molecule has 0 heterocycles. The molecule has 1 aliphatic rings. The number of benzene rings is 1. The van der Waals surface area contributed by atoms with E-state index in [1.807, 2.05) is 18.2 Å². The van der Waals surface area contributed by atoms with Crippen LogP contribution in [0.4, 0.5) is 0 Å². The van der Waals surface area contributed by atoms with Crippen molar-refractivity contribution >= 4 is 11.8 Å². The van der Waals surface area contributed by atoms with Crippen molar-refractivity contribution in [3.63, 3.8) is 0 Å². The number of carbonyl (C=O) groups is 2. The molecule has 0 aliphatic heterocycles. The lowest BCUT2D eigenvalue weighted by atomic mass is 9.96. The minimum Gasteiger partial charge on any atom is -0.384 e. The second-order valence-corrected chi connectivity index (χ2v) is 6.48. The minimum atomic E-state index is -1.21. The van der Waals surface area contributed by atoms with Crippen molar-refractivity contribution in [2.24, 2.45) is 0 Å². The van der Waals surface area contributed by atoms with Crippen LogP contribution in [0.2, 0.25) is 0 Å². The summed E-state index contributed by atoms with van der Waals surface area (Å²) < 4.78 is 0. The molecule has 5 heteroatoms. The molecule has 2 rings (SSSR count). The van der Waals surface area contributed by atoms with Gasteiger partial charge in [-0.15, -0.1) is 0 Å². The fourth-order valence-electron chi connectivity index (χ4n) is 2.91. The van der Waals surface area contributed by atoms with Gasteiger partial charge < -0.3 is 15.7 Å². The number of nitrogens with one attached hydrogen (secondary N) is 2. The number of amides is 2. The van der Waals surface area contributed by atoms with E-state index in [-0.39, 0.29) is 12.6 Å². The van der Waals surface area contributed by atoms with E-state index >= 15 is 0 Å². The summed E-state index contributed by atoms with van der Waals surface area (Å²) in [5.41, 5.74) is -0.510. The molecule has 23 heavy (non-hydrogen) atoms. The number of hydrogen-bond acceptors (Lipinski definition) is 3. The molecule has 0 radical (unpaired) electrons. The molecule has 0 bridgehead atoms. The lowest BCUT2D eigenvalue weighted by Gasteiger charge is -2.24. The molecule has 1 aliphatic carbocycles. The van der Waals surface area contributed by atoms with Gasteiger partial charge in [0.15, 0.2) is 0 Å². The van der Waals surface area contributed by atoms with E-state index in [9.17, 15) is 14.7 Å². The predicted octanol–water partition coefficient (Wildman–Crippen LogP) is 1.85. The van der Waals surface area contributed by atoms with Crippen molar-refractivity contribution in [2.75, 3.05) is 6.54 Å². The number of aliphatic hydroxyl groups is 1. The van der Waals surface area contributed by atoms with E-state index in [1.54, 1.807) is 19.1 Å². The van der Waals surface area contributed by atoms with Crippen LogP contribution in [-0.4, -0.2) is 29.5 Å². The maximum absolute atomic E-state index is 12.0. The molecule has 0 spiro atoms. The summed E-state index contributed by atoms with van der Waals surface area (Å²) in [4.78, 5) is 23.9. The lowest BCUT2D eigenvalue weighted by molar-refractivity contribution is -0.140. The van der Waals surface area contributed by atoms with Crippen LogP contribution in [-0.2, 0) is 15.2 Å². The zero-order chi connectivity index (χ0) is 16.7. The number of hydrogen-bond donors (Lipinski definition) is 3. The molecular weight excluding hydrogens is 292 g/mol. The van der Waals surface area contributed by atoms with Crippen LogP contribution in [0, 0.1) is 0 Å². The molecule has 5 nitrogen and oxygen atoms in total. The first-order valence-electron chi connectivity index (χ1n) is 8.35. The zero-order valence-corrected chi connectivity index (χ0v) is 13.7. The zero-order valence-electron chi connectivity index (χ0n) is 13.7. The van der Waals surface area contributed by atoms with Gasteiger partial charge in [-0.05, 0) is 25.3 Å². The maximum Gasteiger partial charge on any atom is 0.309 e. The van der Waals surface area contributed by atoms with Gasteiger partial charge in [-0.2, -0.15) is 0 Å². The Balaban J connectivity index is 1.82. The highest BCUT2D eigenvalue weighted by molar-refractivity contribution is 6.35. The van der Waals surface area contributed by atoms with Gasteiger partial charge in [-0.1, -0.05) is 56.0 Å². The van der Waals surface area contributed by atoms with Gasteiger partial charge in [0.05, 0.1) is 6.54 Å². The SMILES string of the molecule is CC(O)(CNC(=O)C(=O)NC1CCCCCC1)c1ccccc1. The molecule has 0 saturated heterocycles. The Morgan fingerprint density at radius 1 is 1.09 bits per heavy atom. The highest BCUT2D eigenvalue weighted by atomic mass is 16.3. The Bertz CT molecular complexity index is 520. The molecule has 3 N–H and O–H groups in total. The highest BCUT2D eigenvalue weighted by Gasteiger charge is 2.26. The first kappa shape index (κ1) is 17.5. The van der Waals surface area contributed by atoms with Gasteiger partial charge in [-0.3, -0.25) is 9.59 Å². The summed E-state index contributed by atoms with van der Waals surface area (Å²) in [5, 5.41) is 15.8. The molecule has 1 fully saturated rings. The fourth-order valence-corrected chi connectivity index (χ4v) is 2.91. The summed E-state index contributed by atoms with van der Waals surface area (Å²) >= 11 is 0. The van der Waals surface area contributed by atoms with Gasteiger partial charge >= 0.3 is 11.8 Å². The van der Waals surface area contributed by atoms with Crippen molar-refractivity contribution in [1.82, 2.24) is 10.6 Å². The van der Waals surface area contributed by atoms with Crippen molar-refractivity contribution in [2.45, 2.75) is 57.1 Å². The van der Waals surface area contributed by atoms with Gasteiger partial charge in [0.25, 0.3) is 0 Å². The third-order valence-electron chi connectivity index (χ3n) is 4.39. The fraction of sp³-hybridized carbons (Fsp3) is 0.556. The van der Waals surface area contributed by atoms with Crippen LogP contribution in [0.25, 0.3) is 0 Å². The first-order valence-corrected chi connectivity index (χ1v) is 8.35. The number of rotatable bonds is 4. The van der Waals surface area contributed by atoms with Crippen LogP contribution in [0.3, 0.4) is 0 Å². The molecule has 2 amide bonds. The lowest BCUT2D eigenvalue weighted by Crippen LogP contribution is -2.47. The van der Waals surface area contributed by atoms with E-state index in [0.717, 1.165) is 25.7 Å². The summed E-state index contributed by atoms with van der Waals surface area (Å²) in [6.07, 6.45) is 6.43. The van der Waals surface area contributed by atoms with Crippen molar-refractivity contribution in [1.29, 1.82) is 0 Å². The average molecular weight is 318 g/mol. The second kappa shape index (κ2) is 8.11. The Hall–Kier alpha value is -1.88. The van der Waals surface area contributed by atoms with Crippen LogP contribution in [0.5, 0.6) is 0 Å². The van der Waals surface area contributed by atoms with Gasteiger partial charge in [-0.25, -0.2) is 0 Å². The highest BCUT2D eigenvalue weighted by Crippen LogP contribution is 2.19. The van der Waals surface area contributed by atoms with Gasteiger partial charge in [0.1, 0.15) is 5.60 Å². The predicted molar refractivity (Wildman–Crippen MR) is 88.7 cm³/mol. The summed E-state index contributed by atoms with van der Waals surface area (Å²) in [6, 6.07) is 9.17. The van der Waals surface area contributed by atoms with E-state index in [0.29, 0.717) is 5.56 Å². The standard InChI is InChI=1S/C18H26N2O3/c1-18(23,14-9-5-4-6-10-14)13-19-16(21)17(22)20-15-11-7-2-3-8-12-15/h4-6,9-10,15,23H,2-3,7-8,11-13H2,1H3,(H,19,21)(H,20,22). The smallest absolute Gasteiger partial charge is 0.309 e. The van der Waals surface area contributed by atoms with E-state index in [1.165, 1.54) is 12.8 Å². The third kappa shape index (κ3) is 5.36. The first-order chi connectivity index (χ1) is 11.0. The van der Waals surface area contributed by atoms with Crippen molar-refractivity contribution in [3.05, 3.63) is 35.9 Å². The van der Waals surface area contributed by atoms with Crippen LogP contribution >= 0.6 is 0 Å². The van der Waals surface area contributed by atoms with Crippen LogP contribution < -0.4 is 10.6 Å². The largest absolute Gasteiger partial charge is 0.384 e. The molecular formula is C18H26N2O3. The third-order valence-corrected chi connectivity index (χ3v) is 4.39. The van der Waals surface area contributed by atoms with Gasteiger partial charge in [0, 0.05) is 6.04 Å². The van der Waals surface area contributed by atoms with E-state index in [4.69, 9.17) is 0 Å². The monoisotopic (exact) mass is 318 g/mol. The molecule has 1 atom stereocenters. The summed E-state index contributed by atoms with van der Waals surface area (Å²) in [7, 11) is 0. The molecule has 1 aromatic rings. The molecule has 0 aromatic heterocycles. The molecule has 1 unspecified atom stereocenters. The van der Waals surface area contributed by atoms with Crippen molar-refractivity contribution in [3.8, 4) is 0 Å². The molecule has 1 aromatic carbocycles. The topological polar surface area (TPSA) is 78.4 Å². The molecule has 1 saturated carbocycles. The van der Waals surface area contributed by atoms with Crippen molar-refractivity contribution < 1.29 is 14.7 Å². The Labute approximate surface area is 137 Å². The molecule has 126 valence electrons. The normalized spacial score (nSPS) is 18.5.